The van der Waals surface area contributed by atoms with E-state index in [0.717, 1.165) is 31.1 Å². The highest BCUT2D eigenvalue weighted by Gasteiger charge is 2.30. The Labute approximate surface area is 111 Å². The normalized spacial score (nSPS) is 16.8. The summed E-state index contributed by atoms with van der Waals surface area (Å²) in [7, 11) is 0. The smallest absolute Gasteiger partial charge is 0.370 e. The molecule has 1 aromatic heterocycles. The number of hydrogen-bond donors (Lipinski definition) is 1. The zero-order valence-corrected chi connectivity index (χ0v) is 10.8. The van der Waals surface area contributed by atoms with Gasteiger partial charge >= 0.3 is 6.18 Å². The molecule has 0 aromatic carbocycles. The van der Waals surface area contributed by atoms with Crippen LogP contribution in [-0.2, 0) is 6.18 Å². The lowest BCUT2D eigenvalue weighted by Gasteiger charge is -2.10. The Morgan fingerprint density at radius 3 is 2.53 bits per heavy atom. The summed E-state index contributed by atoms with van der Waals surface area (Å²) in [5.74, 6) is 1.36. The first-order valence-corrected chi connectivity index (χ1v) is 6.83. The van der Waals surface area contributed by atoms with Crippen molar-refractivity contribution in [3.8, 4) is 0 Å². The Morgan fingerprint density at radius 2 is 1.95 bits per heavy atom. The summed E-state index contributed by atoms with van der Waals surface area (Å²) in [6.45, 7) is 0.773. The topological polar surface area (TPSA) is 24.9 Å². The molecule has 1 heterocycles. The molecular weight excluding hydrogens is 253 g/mol. The number of rotatable bonds is 5. The van der Waals surface area contributed by atoms with Crippen LogP contribution >= 0.6 is 0 Å². The molecule has 1 saturated carbocycles. The molecule has 1 aromatic rings. The van der Waals surface area contributed by atoms with Crippen LogP contribution in [-0.4, -0.2) is 11.5 Å². The number of nitrogens with zero attached hydrogens (tertiary/aromatic N) is 1. The summed E-state index contributed by atoms with van der Waals surface area (Å²) in [4.78, 5) is 3.78. The van der Waals surface area contributed by atoms with Crippen LogP contribution in [0.4, 0.5) is 19.0 Å². The summed E-state index contributed by atoms with van der Waals surface area (Å²) in [6, 6.07) is 2.45. The molecule has 0 radical (unpaired) electrons. The summed E-state index contributed by atoms with van der Waals surface area (Å²) in [5.41, 5.74) is -0.705. The van der Waals surface area contributed by atoms with Gasteiger partial charge in [0.1, 0.15) is 5.82 Å². The fraction of sp³-hybridized carbons (Fsp3) is 0.643. The van der Waals surface area contributed by atoms with Crippen molar-refractivity contribution >= 4 is 5.82 Å². The van der Waals surface area contributed by atoms with Gasteiger partial charge in [-0.3, -0.25) is 0 Å². The first-order chi connectivity index (χ1) is 9.05. The van der Waals surface area contributed by atoms with Gasteiger partial charge < -0.3 is 5.32 Å². The average Bonchev–Trinajstić information content (AvgIpc) is 2.87. The van der Waals surface area contributed by atoms with Gasteiger partial charge in [-0.1, -0.05) is 25.7 Å². The highest BCUT2D eigenvalue weighted by Crippen LogP contribution is 2.29. The summed E-state index contributed by atoms with van der Waals surface area (Å²) in [5, 5.41) is 3.07. The van der Waals surface area contributed by atoms with Crippen molar-refractivity contribution < 1.29 is 13.2 Å². The average molecular weight is 272 g/mol. The van der Waals surface area contributed by atoms with E-state index in [1.54, 1.807) is 0 Å². The molecule has 19 heavy (non-hydrogen) atoms. The monoisotopic (exact) mass is 272 g/mol. The Balaban J connectivity index is 1.71. The van der Waals surface area contributed by atoms with Gasteiger partial charge in [0.25, 0.3) is 0 Å². The van der Waals surface area contributed by atoms with Gasteiger partial charge in [-0.2, -0.15) is 13.2 Å². The van der Waals surface area contributed by atoms with E-state index in [4.69, 9.17) is 0 Å². The van der Waals surface area contributed by atoms with Crippen LogP contribution in [0.5, 0.6) is 0 Å². The maximum atomic E-state index is 12.3. The molecule has 1 N–H and O–H groups in total. The summed E-state index contributed by atoms with van der Waals surface area (Å²) >= 11 is 0. The number of anilines is 1. The van der Waals surface area contributed by atoms with Crippen molar-refractivity contribution in [2.24, 2.45) is 5.92 Å². The van der Waals surface area contributed by atoms with E-state index in [9.17, 15) is 13.2 Å². The fourth-order valence-electron chi connectivity index (χ4n) is 2.57. The minimum Gasteiger partial charge on any atom is -0.370 e. The lowest BCUT2D eigenvalue weighted by atomic mass is 10.0. The largest absolute Gasteiger partial charge is 0.417 e. The lowest BCUT2D eigenvalue weighted by molar-refractivity contribution is -0.137. The molecule has 0 amide bonds. The van der Waals surface area contributed by atoms with Gasteiger partial charge in [0, 0.05) is 12.7 Å². The predicted molar refractivity (Wildman–Crippen MR) is 68.9 cm³/mol. The van der Waals surface area contributed by atoms with Crippen LogP contribution in [0.1, 0.15) is 44.1 Å². The molecule has 0 bridgehead atoms. The van der Waals surface area contributed by atoms with Crippen molar-refractivity contribution in [3.63, 3.8) is 0 Å². The highest BCUT2D eigenvalue weighted by atomic mass is 19.4. The third kappa shape index (κ3) is 4.40. The van der Waals surface area contributed by atoms with Crippen LogP contribution in [0.2, 0.25) is 0 Å². The molecule has 2 rings (SSSR count). The minimum absolute atomic E-state index is 0.513. The highest BCUT2D eigenvalue weighted by molar-refractivity contribution is 5.35. The molecule has 0 aliphatic heterocycles. The Hall–Kier alpha value is -1.26. The third-order valence-electron chi connectivity index (χ3n) is 3.66. The molecule has 0 spiro atoms. The number of aromatic nitrogens is 1. The molecule has 0 atom stereocenters. The number of halogens is 3. The number of nitrogens with one attached hydrogen (secondary N) is 1. The van der Waals surface area contributed by atoms with Crippen molar-refractivity contribution in [2.45, 2.75) is 44.7 Å². The van der Waals surface area contributed by atoms with E-state index < -0.39 is 11.7 Å². The van der Waals surface area contributed by atoms with E-state index in [1.807, 2.05) is 0 Å². The molecule has 1 aliphatic rings. The molecule has 1 fully saturated rings. The van der Waals surface area contributed by atoms with Crippen LogP contribution in [0, 0.1) is 5.92 Å². The first-order valence-electron chi connectivity index (χ1n) is 6.83. The van der Waals surface area contributed by atoms with Gasteiger partial charge in [0.05, 0.1) is 5.56 Å². The number of hydrogen-bond acceptors (Lipinski definition) is 2. The van der Waals surface area contributed by atoms with E-state index >= 15 is 0 Å². The summed E-state index contributed by atoms with van der Waals surface area (Å²) in [6.07, 6.45) is 4.17. The zero-order chi connectivity index (χ0) is 13.7. The number of alkyl halides is 3. The Kier molecular flexibility index (Phi) is 4.66. The molecule has 2 nitrogen and oxygen atoms in total. The van der Waals surface area contributed by atoms with E-state index in [1.165, 1.54) is 38.2 Å². The molecule has 0 saturated heterocycles. The molecular formula is C14H19F3N2. The van der Waals surface area contributed by atoms with Gasteiger partial charge in [-0.25, -0.2) is 4.98 Å². The van der Waals surface area contributed by atoms with Crippen LogP contribution in [0.15, 0.2) is 18.3 Å². The van der Waals surface area contributed by atoms with E-state index in [0.29, 0.717) is 5.82 Å². The van der Waals surface area contributed by atoms with Crippen LogP contribution in [0.25, 0.3) is 0 Å². The standard InChI is InChI=1S/C14H19F3N2/c15-14(16,17)12-7-8-13(19-10-12)18-9-3-6-11-4-1-2-5-11/h7-8,10-11H,1-6,9H2,(H,18,19). The zero-order valence-electron chi connectivity index (χ0n) is 10.8. The maximum absolute atomic E-state index is 12.3. The molecule has 106 valence electrons. The van der Waals surface area contributed by atoms with Crippen molar-refractivity contribution in [2.75, 3.05) is 11.9 Å². The Bertz CT molecular complexity index is 381. The maximum Gasteiger partial charge on any atom is 0.417 e. The quantitative estimate of drug-likeness (QED) is 0.799. The summed E-state index contributed by atoms with van der Waals surface area (Å²) < 4.78 is 37.0. The van der Waals surface area contributed by atoms with Gasteiger partial charge in [0.15, 0.2) is 0 Å². The van der Waals surface area contributed by atoms with Crippen LogP contribution in [0.3, 0.4) is 0 Å². The van der Waals surface area contributed by atoms with Gasteiger partial charge in [-0.05, 0) is 30.9 Å². The number of pyridine rings is 1. The predicted octanol–water partition coefficient (Wildman–Crippen LogP) is 4.48. The van der Waals surface area contributed by atoms with Gasteiger partial charge in [-0.15, -0.1) is 0 Å². The Morgan fingerprint density at radius 1 is 1.21 bits per heavy atom. The van der Waals surface area contributed by atoms with E-state index in [-0.39, 0.29) is 0 Å². The third-order valence-corrected chi connectivity index (χ3v) is 3.66. The second-order valence-electron chi connectivity index (χ2n) is 5.15. The molecule has 0 unspecified atom stereocenters. The molecule has 1 aliphatic carbocycles. The second-order valence-corrected chi connectivity index (χ2v) is 5.15. The van der Waals surface area contributed by atoms with Crippen LogP contribution < -0.4 is 5.32 Å². The first kappa shape index (κ1) is 14.2. The molecule has 5 heteroatoms. The van der Waals surface area contributed by atoms with E-state index in [2.05, 4.69) is 10.3 Å². The van der Waals surface area contributed by atoms with Crippen molar-refractivity contribution in [1.29, 1.82) is 0 Å². The van der Waals surface area contributed by atoms with Crippen molar-refractivity contribution in [3.05, 3.63) is 23.9 Å². The fourth-order valence-corrected chi connectivity index (χ4v) is 2.57. The lowest BCUT2D eigenvalue weighted by Crippen LogP contribution is -2.08. The minimum atomic E-state index is -4.31. The second kappa shape index (κ2) is 6.26. The van der Waals surface area contributed by atoms with Crippen molar-refractivity contribution in [1.82, 2.24) is 4.98 Å². The van der Waals surface area contributed by atoms with Gasteiger partial charge in [0.2, 0.25) is 0 Å². The SMILES string of the molecule is FC(F)(F)c1ccc(NCCCC2CCCC2)nc1.